The number of hydrogen-bond acceptors (Lipinski definition) is 6. The zero-order chi connectivity index (χ0) is 16.7. The number of methoxy groups -OCH3 is 1. The molecule has 8 nitrogen and oxygen atoms in total. The van der Waals surface area contributed by atoms with Crippen LogP contribution in [-0.2, 0) is 13.0 Å². The van der Waals surface area contributed by atoms with Crippen molar-refractivity contribution in [2.24, 2.45) is 0 Å². The van der Waals surface area contributed by atoms with E-state index in [0.29, 0.717) is 18.0 Å². The molecule has 1 aromatic carbocycles. The van der Waals surface area contributed by atoms with Gasteiger partial charge in [-0.1, -0.05) is 21.7 Å². The fourth-order valence-corrected chi connectivity index (χ4v) is 3.11. The van der Waals surface area contributed by atoms with Gasteiger partial charge in [-0.3, -0.25) is 0 Å². The number of ether oxygens (including phenoxy) is 1. The van der Waals surface area contributed by atoms with Crippen LogP contribution in [-0.4, -0.2) is 33.2 Å². The van der Waals surface area contributed by atoms with Gasteiger partial charge in [0, 0.05) is 24.7 Å². The quantitative estimate of drug-likeness (QED) is 0.542. The van der Waals surface area contributed by atoms with Crippen LogP contribution in [0, 0.1) is 10.1 Å². The zero-order valence-corrected chi connectivity index (χ0v) is 13.0. The number of benzene rings is 1. The molecular formula is C16H15N5O3. The Bertz CT molecular complexity index is 937. The predicted molar refractivity (Wildman–Crippen MR) is 87.4 cm³/mol. The number of anilines is 1. The topological polar surface area (TPSA) is 85.8 Å². The van der Waals surface area contributed by atoms with E-state index < -0.39 is 4.92 Å². The van der Waals surface area contributed by atoms with Gasteiger partial charge in [0.1, 0.15) is 11.9 Å². The molecule has 0 saturated carbocycles. The summed E-state index contributed by atoms with van der Waals surface area (Å²) in [5, 5.41) is 15.5. The first-order chi connectivity index (χ1) is 11.7. The molecule has 122 valence electrons. The molecule has 0 spiro atoms. The van der Waals surface area contributed by atoms with Gasteiger partial charge in [0.25, 0.3) is 0 Å². The maximum absolute atomic E-state index is 11.1. The van der Waals surface area contributed by atoms with Crippen LogP contribution in [0.5, 0.6) is 5.75 Å². The van der Waals surface area contributed by atoms with E-state index in [4.69, 9.17) is 4.74 Å². The van der Waals surface area contributed by atoms with Crippen molar-refractivity contribution in [3.8, 4) is 5.75 Å². The van der Waals surface area contributed by atoms with Gasteiger partial charge in [-0.15, -0.1) is 0 Å². The molecule has 0 radical (unpaired) electrons. The van der Waals surface area contributed by atoms with Crippen molar-refractivity contribution in [3.05, 3.63) is 57.8 Å². The van der Waals surface area contributed by atoms with E-state index in [-0.39, 0.29) is 5.82 Å². The number of aromatic nitrogens is 3. The SMILES string of the molecule is COc1cccc2c1CCN(c1ccc3ncc([N+](=O)[O-])n3n1)C2. The van der Waals surface area contributed by atoms with Crippen LogP contribution < -0.4 is 9.64 Å². The summed E-state index contributed by atoms with van der Waals surface area (Å²) in [6.07, 6.45) is 2.06. The number of fused-ring (bicyclic) bond motifs is 2. The van der Waals surface area contributed by atoms with E-state index in [2.05, 4.69) is 21.0 Å². The average Bonchev–Trinajstić information content (AvgIpc) is 3.04. The summed E-state index contributed by atoms with van der Waals surface area (Å²) < 4.78 is 6.70. The lowest BCUT2D eigenvalue weighted by molar-refractivity contribution is -0.391. The highest BCUT2D eigenvalue weighted by molar-refractivity contribution is 5.52. The van der Waals surface area contributed by atoms with Gasteiger partial charge < -0.3 is 19.8 Å². The first-order valence-corrected chi connectivity index (χ1v) is 7.56. The zero-order valence-electron chi connectivity index (χ0n) is 13.0. The molecule has 0 atom stereocenters. The van der Waals surface area contributed by atoms with E-state index in [0.717, 1.165) is 18.7 Å². The van der Waals surface area contributed by atoms with Crippen LogP contribution in [0.15, 0.2) is 36.5 Å². The van der Waals surface area contributed by atoms with Gasteiger partial charge in [0.2, 0.25) is 5.65 Å². The van der Waals surface area contributed by atoms with Crippen LogP contribution in [0.25, 0.3) is 5.65 Å². The summed E-state index contributed by atoms with van der Waals surface area (Å²) in [4.78, 5) is 16.7. The monoisotopic (exact) mass is 325 g/mol. The largest absolute Gasteiger partial charge is 0.496 e. The third kappa shape index (κ3) is 2.23. The molecule has 0 amide bonds. The highest BCUT2D eigenvalue weighted by Gasteiger charge is 2.23. The summed E-state index contributed by atoms with van der Waals surface area (Å²) in [7, 11) is 1.68. The van der Waals surface area contributed by atoms with Crippen molar-refractivity contribution in [1.29, 1.82) is 0 Å². The Morgan fingerprint density at radius 3 is 2.96 bits per heavy atom. The van der Waals surface area contributed by atoms with Crippen molar-refractivity contribution in [2.45, 2.75) is 13.0 Å². The molecule has 0 aliphatic carbocycles. The Labute approximate surface area is 137 Å². The fourth-order valence-electron chi connectivity index (χ4n) is 3.11. The van der Waals surface area contributed by atoms with Crippen LogP contribution >= 0.6 is 0 Å². The minimum absolute atomic E-state index is 0.133. The predicted octanol–water partition coefficient (Wildman–Crippen LogP) is 2.21. The van der Waals surface area contributed by atoms with Gasteiger partial charge in [-0.2, -0.15) is 0 Å². The van der Waals surface area contributed by atoms with E-state index in [1.807, 2.05) is 18.2 Å². The molecule has 1 aliphatic rings. The Hall–Kier alpha value is -3.16. The highest BCUT2D eigenvalue weighted by Crippen LogP contribution is 2.29. The molecule has 24 heavy (non-hydrogen) atoms. The molecule has 0 bridgehead atoms. The standard InChI is InChI=1S/C16H15N5O3/c1-24-13-4-2-3-11-10-19(8-7-12(11)13)15-6-5-14-17-9-16(21(22)23)20(14)18-15/h2-6,9H,7-8,10H2,1H3. The number of nitro groups is 1. The lowest BCUT2D eigenvalue weighted by Gasteiger charge is -2.29. The molecule has 0 N–H and O–H groups in total. The van der Waals surface area contributed by atoms with Crippen LogP contribution in [0.3, 0.4) is 0 Å². The van der Waals surface area contributed by atoms with Gasteiger partial charge in [-0.25, -0.2) is 4.98 Å². The Morgan fingerprint density at radius 1 is 1.29 bits per heavy atom. The lowest BCUT2D eigenvalue weighted by Crippen LogP contribution is -2.31. The van der Waals surface area contributed by atoms with Crippen molar-refractivity contribution in [1.82, 2.24) is 14.6 Å². The summed E-state index contributed by atoms with van der Waals surface area (Å²) in [5.41, 5.74) is 2.86. The van der Waals surface area contributed by atoms with Gasteiger partial charge in [0.05, 0.1) is 7.11 Å². The fraction of sp³-hybridized carbons (Fsp3) is 0.250. The normalized spacial score (nSPS) is 13.8. The highest BCUT2D eigenvalue weighted by atomic mass is 16.6. The second kappa shape index (κ2) is 5.48. The lowest BCUT2D eigenvalue weighted by atomic mass is 9.99. The minimum atomic E-state index is -0.479. The molecule has 4 rings (SSSR count). The number of nitrogens with zero attached hydrogens (tertiary/aromatic N) is 5. The van der Waals surface area contributed by atoms with Gasteiger partial charge >= 0.3 is 5.82 Å². The maximum atomic E-state index is 11.1. The summed E-state index contributed by atoms with van der Waals surface area (Å²) >= 11 is 0. The van der Waals surface area contributed by atoms with Gasteiger partial charge in [0.15, 0.2) is 5.82 Å². The van der Waals surface area contributed by atoms with E-state index in [1.54, 1.807) is 13.2 Å². The molecule has 3 heterocycles. The third-order valence-electron chi connectivity index (χ3n) is 4.28. The third-order valence-corrected chi connectivity index (χ3v) is 4.28. The molecule has 3 aromatic rings. The smallest absolute Gasteiger partial charge is 0.368 e. The first-order valence-electron chi connectivity index (χ1n) is 7.56. The Balaban J connectivity index is 1.71. The van der Waals surface area contributed by atoms with Crippen molar-refractivity contribution >= 4 is 17.3 Å². The first kappa shape index (κ1) is 14.4. The van der Waals surface area contributed by atoms with Crippen molar-refractivity contribution in [2.75, 3.05) is 18.6 Å². The second-order valence-electron chi connectivity index (χ2n) is 5.60. The summed E-state index contributed by atoms with van der Waals surface area (Å²) in [5.74, 6) is 1.46. The number of rotatable bonds is 3. The molecule has 0 saturated heterocycles. The molecule has 0 fully saturated rings. The van der Waals surface area contributed by atoms with Crippen LogP contribution in [0.4, 0.5) is 11.6 Å². The summed E-state index contributed by atoms with van der Waals surface area (Å²) in [6.45, 7) is 1.46. The number of imidazole rings is 1. The van der Waals surface area contributed by atoms with Gasteiger partial charge in [-0.05, 0) is 29.0 Å². The van der Waals surface area contributed by atoms with E-state index >= 15 is 0 Å². The molecule has 2 aromatic heterocycles. The summed E-state index contributed by atoms with van der Waals surface area (Å²) in [6, 6.07) is 9.60. The number of hydrogen-bond donors (Lipinski definition) is 0. The molecule has 0 unspecified atom stereocenters. The van der Waals surface area contributed by atoms with E-state index in [1.165, 1.54) is 21.8 Å². The minimum Gasteiger partial charge on any atom is -0.496 e. The second-order valence-corrected chi connectivity index (χ2v) is 5.60. The van der Waals surface area contributed by atoms with Crippen LogP contribution in [0.1, 0.15) is 11.1 Å². The molecule has 1 aliphatic heterocycles. The maximum Gasteiger partial charge on any atom is 0.368 e. The average molecular weight is 325 g/mol. The van der Waals surface area contributed by atoms with E-state index in [9.17, 15) is 10.1 Å². The van der Waals surface area contributed by atoms with Crippen LogP contribution in [0.2, 0.25) is 0 Å². The Kier molecular flexibility index (Phi) is 3.30. The Morgan fingerprint density at radius 2 is 2.17 bits per heavy atom. The molecule has 8 heteroatoms. The van der Waals surface area contributed by atoms with Crippen molar-refractivity contribution < 1.29 is 9.66 Å². The molecular weight excluding hydrogens is 310 g/mol. The van der Waals surface area contributed by atoms with Crippen molar-refractivity contribution in [3.63, 3.8) is 0 Å².